The lowest BCUT2D eigenvalue weighted by atomic mass is 9.98. The van der Waals surface area contributed by atoms with Gasteiger partial charge in [-0.05, 0) is 72.1 Å². The Morgan fingerprint density at radius 3 is 2.41 bits per heavy atom. The number of ether oxygens (including phenoxy) is 2. The van der Waals surface area contributed by atoms with Crippen LogP contribution in [0.4, 0.5) is 0 Å². The fourth-order valence-electron chi connectivity index (χ4n) is 3.25. The Kier molecular flexibility index (Phi) is 7.11. The third-order valence-corrected chi connectivity index (χ3v) is 4.35. The number of carbonyl (C=O) groups is 2. The van der Waals surface area contributed by atoms with Crippen LogP contribution in [-0.2, 0) is 4.79 Å². The van der Waals surface area contributed by atoms with E-state index in [-0.39, 0.29) is 17.4 Å². The van der Waals surface area contributed by atoms with Gasteiger partial charge in [0.1, 0.15) is 6.04 Å². The third kappa shape index (κ3) is 5.62. The number of likely N-dealkylation sites (tertiary alicyclic amines) is 1. The fraction of sp³-hybridized carbons (Fsp3) is 0.619. The molecule has 2 amide bonds. The van der Waals surface area contributed by atoms with Crippen molar-refractivity contribution in [3.63, 3.8) is 0 Å². The van der Waals surface area contributed by atoms with Crippen molar-refractivity contribution in [2.45, 2.75) is 65.5 Å². The summed E-state index contributed by atoms with van der Waals surface area (Å²) in [4.78, 5) is 27.6. The molecule has 0 bridgehead atoms. The van der Waals surface area contributed by atoms with Crippen LogP contribution in [0.5, 0.6) is 11.5 Å². The van der Waals surface area contributed by atoms with Gasteiger partial charge in [0.2, 0.25) is 5.91 Å². The van der Waals surface area contributed by atoms with E-state index in [0.29, 0.717) is 43.2 Å². The predicted octanol–water partition coefficient (Wildman–Crippen LogP) is 3.39. The summed E-state index contributed by atoms with van der Waals surface area (Å²) in [5.41, 5.74) is 0.183. The number of hydrogen-bond acceptors (Lipinski definition) is 4. The van der Waals surface area contributed by atoms with Crippen LogP contribution in [0, 0.1) is 0 Å². The van der Waals surface area contributed by atoms with Crippen molar-refractivity contribution in [2.75, 3.05) is 19.8 Å². The van der Waals surface area contributed by atoms with E-state index < -0.39 is 6.04 Å². The number of benzene rings is 1. The van der Waals surface area contributed by atoms with Crippen molar-refractivity contribution in [1.82, 2.24) is 10.2 Å². The van der Waals surface area contributed by atoms with Gasteiger partial charge in [0, 0.05) is 17.6 Å². The largest absolute Gasteiger partial charge is 0.490 e. The van der Waals surface area contributed by atoms with Gasteiger partial charge in [0.15, 0.2) is 11.5 Å². The topological polar surface area (TPSA) is 67.9 Å². The zero-order valence-corrected chi connectivity index (χ0v) is 17.1. The molecule has 1 aliphatic rings. The minimum absolute atomic E-state index is 0.0912. The van der Waals surface area contributed by atoms with E-state index in [4.69, 9.17) is 9.47 Å². The molecule has 1 aromatic rings. The molecule has 0 radical (unpaired) electrons. The van der Waals surface area contributed by atoms with Gasteiger partial charge in [0.05, 0.1) is 13.2 Å². The number of hydrogen-bond donors (Lipinski definition) is 1. The molecule has 27 heavy (non-hydrogen) atoms. The summed E-state index contributed by atoms with van der Waals surface area (Å²) in [5, 5.41) is 3.01. The van der Waals surface area contributed by atoms with E-state index in [2.05, 4.69) is 5.32 Å². The van der Waals surface area contributed by atoms with Crippen LogP contribution in [0.2, 0.25) is 0 Å². The SMILES string of the molecule is CCOc1ccc(C(=O)N2CCCCC2C(=O)NC(C)(C)C)cc1OCC. The Labute approximate surface area is 162 Å². The Morgan fingerprint density at radius 1 is 1.11 bits per heavy atom. The van der Waals surface area contributed by atoms with Gasteiger partial charge >= 0.3 is 0 Å². The summed E-state index contributed by atoms with van der Waals surface area (Å²) in [5.74, 6) is 0.939. The van der Waals surface area contributed by atoms with Crippen molar-refractivity contribution in [3.05, 3.63) is 23.8 Å². The first-order valence-corrected chi connectivity index (χ1v) is 9.79. The lowest BCUT2D eigenvalue weighted by Gasteiger charge is -2.36. The molecule has 0 spiro atoms. The van der Waals surface area contributed by atoms with Gasteiger partial charge in [-0.25, -0.2) is 0 Å². The number of rotatable bonds is 6. The molecule has 6 heteroatoms. The highest BCUT2D eigenvalue weighted by atomic mass is 16.5. The molecule has 150 valence electrons. The highest BCUT2D eigenvalue weighted by molar-refractivity contribution is 5.98. The van der Waals surface area contributed by atoms with Crippen LogP contribution in [0.1, 0.15) is 64.2 Å². The van der Waals surface area contributed by atoms with Crippen LogP contribution in [0.15, 0.2) is 18.2 Å². The third-order valence-electron chi connectivity index (χ3n) is 4.35. The van der Waals surface area contributed by atoms with Gasteiger partial charge in [-0.2, -0.15) is 0 Å². The highest BCUT2D eigenvalue weighted by Crippen LogP contribution is 2.30. The molecule has 1 unspecified atom stereocenters. The van der Waals surface area contributed by atoms with Gasteiger partial charge in [-0.15, -0.1) is 0 Å². The Balaban J connectivity index is 2.25. The number of nitrogens with zero attached hydrogens (tertiary/aromatic N) is 1. The summed E-state index contributed by atoms with van der Waals surface area (Å²) in [6.07, 6.45) is 2.53. The van der Waals surface area contributed by atoms with E-state index in [1.54, 1.807) is 23.1 Å². The summed E-state index contributed by atoms with van der Waals surface area (Å²) in [7, 11) is 0. The lowest BCUT2D eigenvalue weighted by molar-refractivity contribution is -0.128. The Bertz CT molecular complexity index is 667. The molecular weight excluding hydrogens is 344 g/mol. The molecule has 1 N–H and O–H groups in total. The van der Waals surface area contributed by atoms with Crippen LogP contribution in [0.25, 0.3) is 0 Å². The molecule has 2 rings (SSSR count). The molecule has 0 saturated carbocycles. The molecule has 0 aliphatic carbocycles. The smallest absolute Gasteiger partial charge is 0.254 e. The van der Waals surface area contributed by atoms with Crippen LogP contribution in [-0.4, -0.2) is 48.1 Å². The van der Waals surface area contributed by atoms with Crippen LogP contribution < -0.4 is 14.8 Å². The number of piperidine rings is 1. The van der Waals surface area contributed by atoms with Gasteiger partial charge in [0.25, 0.3) is 5.91 Å². The molecular formula is C21H32N2O4. The Morgan fingerprint density at radius 2 is 1.78 bits per heavy atom. The Hall–Kier alpha value is -2.24. The second kappa shape index (κ2) is 9.11. The second-order valence-corrected chi connectivity index (χ2v) is 7.78. The maximum Gasteiger partial charge on any atom is 0.254 e. The van der Waals surface area contributed by atoms with E-state index >= 15 is 0 Å². The fourth-order valence-corrected chi connectivity index (χ4v) is 3.25. The predicted molar refractivity (Wildman–Crippen MR) is 105 cm³/mol. The standard InChI is InChI=1S/C21H32N2O4/c1-6-26-17-12-11-15(14-18(17)27-7-2)20(25)23-13-9-8-10-16(23)19(24)22-21(3,4)5/h11-12,14,16H,6-10,13H2,1-5H3,(H,22,24). The first kappa shape index (κ1) is 21.1. The zero-order chi connectivity index (χ0) is 20.0. The lowest BCUT2D eigenvalue weighted by Crippen LogP contribution is -2.55. The number of carbonyl (C=O) groups excluding carboxylic acids is 2. The van der Waals surface area contributed by atoms with Crippen LogP contribution >= 0.6 is 0 Å². The second-order valence-electron chi connectivity index (χ2n) is 7.78. The van der Waals surface area contributed by atoms with Crippen molar-refractivity contribution < 1.29 is 19.1 Å². The molecule has 6 nitrogen and oxygen atoms in total. The molecule has 1 atom stereocenters. The summed E-state index contributed by atoms with van der Waals surface area (Å²) in [6, 6.07) is 4.77. The minimum atomic E-state index is -0.437. The average Bonchev–Trinajstić information content (AvgIpc) is 2.61. The minimum Gasteiger partial charge on any atom is -0.490 e. The average molecular weight is 376 g/mol. The zero-order valence-electron chi connectivity index (χ0n) is 17.1. The van der Waals surface area contributed by atoms with Gasteiger partial charge in [-0.1, -0.05) is 0 Å². The highest BCUT2D eigenvalue weighted by Gasteiger charge is 2.34. The molecule has 0 aromatic heterocycles. The van der Waals surface area contributed by atoms with Crippen LogP contribution in [0.3, 0.4) is 0 Å². The molecule has 1 aliphatic heterocycles. The molecule has 1 aromatic carbocycles. The molecule has 1 saturated heterocycles. The number of amides is 2. The quantitative estimate of drug-likeness (QED) is 0.826. The number of nitrogens with one attached hydrogen (secondary N) is 1. The molecule has 1 heterocycles. The van der Waals surface area contributed by atoms with E-state index in [1.165, 1.54) is 0 Å². The summed E-state index contributed by atoms with van der Waals surface area (Å²) >= 11 is 0. The van der Waals surface area contributed by atoms with E-state index in [1.807, 2.05) is 34.6 Å². The molecule has 1 fully saturated rings. The monoisotopic (exact) mass is 376 g/mol. The van der Waals surface area contributed by atoms with E-state index in [9.17, 15) is 9.59 Å². The van der Waals surface area contributed by atoms with Crippen molar-refractivity contribution in [3.8, 4) is 11.5 Å². The summed E-state index contributed by atoms with van der Waals surface area (Å²) < 4.78 is 11.2. The first-order chi connectivity index (χ1) is 12.8. The van der Waals surface area contributed by atoms with Gasteiger partial charge in [-0.3, -0.25) is 9.59 Å². The van der Waals surface area contributed by atoms with Crippen molar-refractivity contribution in [2.24, 2.45) is 0 Å². The summed E-state index contributed by atoms with van der Waals surface area (Å²) in [6.45, 7) is 11.2. The van der Waals surface area contributed by atoms with E-state index in [0.717, 1.165) is 12.8 Å². The van der Waals surface area contributed by atoms with Gasteiger partial charge < -0.3 is 19.7 Å². The van der Waals surface area contributed by atoms with Crippen molar-refractivity contribution in [1.29, 1.82) is 0 Å². The van der Waals surface area contributed by atoms with Crippen molar-refractivity contribution >= 4 is 11.8 Å². The maximum atomic E-state index is 13.2. The first-order valence-electron chi connectivity index (χ1n) is 9.79. The maximum absolute atomic E-state index is 13.2. The normalized spacial score (nSPS) is 17.4.